The minimum atomic E-state index is -1.95. The summed E-state index contributed by atoms with van der Waals surface area (Å²) in [6, 6.07) is 14.7. The van der Waals surface area contributed by atoms with E-state index in [-0.39, 0.29) is 12.4 Å². The van der Waals surface area contributed by atoms with Gasteiger partial charge in [-0.2, -0.15) is 0 Å². The van der Waals surface area contributed by atoms with Gasteiger partial charge in [-0.1, -0.05) is 30.3 Å². The Morgan fingerprint density at radius 1 is 1.20 bits per heavy atom. The first kappa shape index (κ1) is 21.9. The molecule has 8 heteroatoms. The third-order valence-corrected chi connectivity index (χ3v) is 5.28. The van der Waals surface area contributed by atoms with Crippen LogP contribution in [0.2, 0.25) is 0 Å². The molecule has 1 heterocycles. The molecule has 0 fully saturated rings. The highest BCUT2D eigenvalue weighted by Crippen LogP contribution is 2.33. The van der Waals surface area contributed by atoms with Crippen LogP contribution in [0.3, 0.4) is 0 Å². The summed E-state index contributed by atoms with van der Waals surface area (Å²) in [6.45, 7) is 3.53. The van der Waals surface area contributed by atoms with Gasteiger partial charge < -0.3 is 19.0 Å². The molecule has 6 nitrogen and oxygen atoms in total. The topological polar surface area (TPSA) is 88.8 Å². The van der Waals surface area contributed by atoms with Crippen LogP contribution in [-0.2, 0) is 26.4 Å². The van der Waals surface area contributed by atoms with Crippen molar-refractivity contribution in [2.45, 2.75) is 25.7 Å². The van der Waals surface area contributed by atoms with Gasteiger partial charge in [-0.15, -0.1) is 0 Å². The highest BCUT2D eigenvalue weighted by atomic mass is 32.2. The number of hydrogen-bond donors (Lipinski definition) is 2. The Hall–Kier alpha value is -2.81. The van der Waals surface area contributed by atoms with Crippen molar-refractivity contribution in [3.63, 3.8) is 0 Å². The normalized spacial score (nSPS) is 13.1. The lowest BCUT2D eigenvalue weighted by molar-refractivity contribution is -0.153. The van der Waals surface area contributed by atoms with Gasteiger partial charge in [0.1, 0.15) is 5.82 Å². The summed E-state index contributed by atoms with van der Waals surface area (Å²) < 4.78 is 40.7. The molecule has 158 valence electrons. The number of aliphatic hydroxyl groups is 1. The molecule has 1 aromatic heterocycles. The molecule has 0 amide bonds. The fourth-order valence-corrected chi connectivity index (χ4v) is 3.80. The molecule has 2 atom stereocenters. The standard InChI is InChI=1S/C22H22FNO5S/c1-3-29-22(26)21(25)19-12-20(16-9-7-15(8-10-16)13-30(27)28)24(14(19)2)18-6-4-5-17(23)11-18/h4-12,21,25H,3,13H2,1-2H3,(H,27,28). The summed E-state index contributed by atoms with van der Waals surface area (Å²) in [5.74, 6) is -1.17. The fourth-order valence-electron chi connectivity index (χ4n) is 3.33. The summed E-state index contributed by atoms with van der Waals surface area (Å²) in [5, 5.41) is 10.5. The number of carbonyl (C=O) groups excluding carboxylic acids is 1. The number of esters is 1. The molecule has 0 aliphatic heterocycles. The van der Waals surface area contributed by atoms with Gasteiger partial charge in [-0.05, 0) is 49.2 Å². The van der Waals surface area contributed by atoms with E-state index in [1.807, 2.05) is 0 Å². The number of aliphatic hydroxyl groups excluding tert-OH is 1. The molecule has 0 aliphatic rings. The van der Waals surface area contributed by atoms with Crippen molar-refractivity contribution in [3.8, 4) is 16.9 Å². The summed E-state index contributed by atoms with van der Waals surface area (Å²) >= 11 is -1.95. The summed E-state index contributed by atoms with van der Waals surface area (Å²) in [5.41, 5.74) is 3.51. The Kier molecular flexibility index (Phi) is 6.81. The number of aromatic nitrogens is 1. The number of rotatable bonds is 7. The second kappa shape index (κ2) is 9.34. The van der Waals surface area contributed by atoms with Crippen molar-refractivity contribution in [2.24, 2.45) is 0 Å². The summed E-state index contributed by atoms with van der Waals surface area (Å²) in [4.78, 5) is 12.1. The van der Waals surface area contributed by atoms with E-state index in [1.165, 1.54) is 12.1 Å². The fraction of sp³-hybridized carbons (Fsp3) is 0.227. The van der Waals surface area contributed by atoms with Crippen LogP contribution in [0.25, 0.3) is 16.9 Å². The average Bonchev–Trinajstić information content (AvgIpc) is 3.05. The molecule has 0 saturated carbocycles. The van der Waals surface area contributed by atoms with Crippen LogP contribution in [0.15, 0.2) is 54.6 Å². The zero-order valence-electron chi connectivity index (χ0n) is 16.5. The highest BCUT2D eigenvalue weighted by molar-refractivity contribution is 7.78. The van der Waals surface area contributed by atoms with E-state index in [0.29, 0.717) is 28.2 Å². The van der Waals surface area contributed by atoms with E-state index < -0.39 is 29.0 Å². The van der Waals surface area contributed by atoms with Crippen molar-refractivity contribution >= 4 is 17.0 Å². The van der Waals surface area contributed by atoms with Gasteiger partial charge in [0, 0.05) is 16.9 Å². The minimum absolute atomic E-state index is 0.0110. The first-order valence-corrected chi connectivity index (χ1v) is 10.6. The van der Waals surface area contributed by atoms with Crippen molar-refractivity contribution < 1.29 is 27.8 Å². The second-order valence-electron chi connectivity index (χ2n) is 6.70. The number of hydrogen-bond acceptors (Lipinski definition) is 4. The molecular formula is C22H22FNO5S. The van der Waals surface area contributed by atoms with Gasteiger partial charge >= 0.3 is 5.97 Å². The average molecular weight is 431 g/mol. The van der Waals surface area contributed by atoms with E-state index in [2.05, 4.69) is 0 Å². The maximum atomic E-state index is 13.9. The molecule has 2 unspecified atom stereocenters. The Morgan fingerprint density at radius 3 is 2.50 bits per heavy atom. The molecule has 2 N–H and O–H groups in total. The second-order valence-corrected chi connectivity index (χ2v) is 7.63. The molecule has 0 radical (unpaired) electrons. The first-order chi connectivity index (χ1) is 14.3. The van der Waals surface area contributed by atoms with Crippen molar-refractivity contribution in [1.82, 2.24) is 4.57 Å². The van der Waals surface area contributed by atoms with Crippen LogP contribution in [-0.4, -0.2) is 31.0 Å². The third kappa shape index (κ3) is 4.67. The molecule has 3 aromatic rings. The van der Waals surface area contributed by atoms with Crippen LogP contribution in [0.4, 0.5) is 4.39 Å². The number of ether oxygens (including phenoxy) is 1. The summed E-state index contributed by atoms with van der Waals surface area (Å²) in [6.07, 6.45) is -1.48. The van der Waals surface area contributed by atoms with E-state index in [1.54, 1.807) is 60.9 Å². The van der Waals surface area contributed by atoms with Gasteiger partial charge in [0.15, 0.2) is 17.2 Å². The van der Waals surface area contributed by atoms with Crippen LogP contribution >= 0.6 is 0 Å². The number of carbonyl (C=O) groups is 1. The van der Waals surface area contributed by atoms with Crippen molar-refractivity contribution in [2.75, 3.05) is 6.61 Å². The maximum Gasteiger partial charge on any atom is 0.339 e. The number of benzene rings is 2. The maximum absolute atomic E-state index is 13.9. The largest absolute Gasteiger partial charge is 0.464 e. The summed E-state index contributed by atoms with van der Waals surface area (Å²) in [7, 11) is 0. The van der Waals surface area contributed by atoms with Gasteiger partial charge in [-0.3, -0.25) is 0 Å². The SMILES string of the molecule is CCOC(=O)C(O)c1cc(-c2ccc(CS(=O)O)cc2)n(-c2cccc(F)c2)c1C. The minimum Gasteiger partial charge on any atom is -0.464 e. The molecule has 0 bridgehead atoms. The predicted octanol–water partition coefficient (Wildman–Crippen LogP) is 3.91. The van der Waals surface area contributed by atoms with E-state index >= 15 is 0 Å². The van der Waals surface area contributed by atoms with Crippen LogP contribution in [0, 0.1) is 12.7 Å². The molecule has 0 saturated heterocycles. The van der Waals surface area contributed by atoms with Gasteiger partial charge in [-0.25, -0.2) is 13.4 Å². The molecule has 3 rings (SSSR count). The predicted molar refractivity (Wildman–Crippen MR) is 112 cm³/mol. The van der Waals surface area contributed by atoms with Crippen LogP contribution < -0.4 is 0 Å². The molecular weight excluding hydrogens is 409 g/mol. The Morgan fingerprint density at radius 2 is 1.90 bits per heavy atom. The smallest absolute Gasteiger partial charge is 0.339 e. The zero-order valence-corrected chi connectivity index (χ0v) is 17.4. The van der Waals surface area contributed by atoms with Gasteiger partial charge in [0.2, 0.25) is 0 Å². The Bertz CT molecular complexity index is 1080. The molecule has 0 aliphatic carbocycles. The molecule has 2 aromatic carbocycles. The molecule has 0 spiro atoms. The van der Waals surface area contributed by atoms with Crippen molar-refractivity contribution in [1.29, 1.82) is 0 Å². The molecule has 30 heavy (non-hydrogen) atoms. The van der Waals surface area contributed by atoms with E-state index in [9.17, 15) is 18.5 Å². The monoisotopic (exact) mass is 431 g/mol. The van der Waals surface area contributed by atoms with E-state index in [4.69, 9.17) is 9.29 Å². The lowest BCUT2D eigenvalue weighted by Crippen LogP contribution is -2.16. The Balaban J connectivity index is 2.14. The van der Waals surface area contributed by atoms with E-state index in [0.717, 1.165) is 5.56 Å². The number of halogens is 1. The zero-order chi connectivity index (χ0) is 21.8. The van der Waals surface area contributed by atoms with Crippen molar-refractivity contribution in [3.05, 3.63) is 77.2 Å². The lowest BCUT2D eigenvalue weighted by Gasteiger charge is -2.14. The van der Waals surface area contributed by atoms with Crippen LogP contribution in [0.5, 0.6) is 0 Å². The van der Waals surface area contributed by atoms with Gasteiger partial charge in [0.05, 0.1) is 18.1 Å². The van der Waals surface area contributed by atoms with Gasteiger partial charge in [0.25, 0.3) is 0 Å². The highest BCUT2D eigenvalue weighted by Gasteiger charge is 2.26. The number of nitrogens with zero attached hydrogens (tertiary/aromatic N) is 1. The lowest BCUT2D eigenvalue weighted by atomic mass is 10.1. The third-order valence-electron chi connectivity index (χ3n) is 4.70. The van der Waals surface area contributed by atoms with Crippen LogP contribution in [0.1, 0.15) is 29.8 Å². The Labute approximate surface area is 176 Å². The first-order valence-electron chi connectivity index (χ1n) is 9.31. The quantitative estimate of drug-likeness (QED) is 0.437.